The van der Waals surface area contributed by atoms with Gasteiger partial charge in [-0.3, -0.25) is 9.89 Å². The first-order valence-electron chi connectivity index (χ1n) is 9.07. The molecule has 0 aromatic rings. The highest BCUT2D eigenvalue weighted by Gasteiger charge is 2.50. The van der Waals surface area contributed by atoms with Gasteiger partial charge in [0.05, 0.1) is 18.1 Å². The van der Waals surface area contributed by atoms with E-state index in [1.165, 1.54) is 38.5 Å². The standard InChI is InChI=1S/C17H31N3O/c1-3-5-7-13-11-14-8-9-15-12-17(21,10-6-4-2)19-16(18-13)20(14)15/h13-15,21H,3-12H2,1-2H3,(H,18,19)/p+1/t13-,14+,15-,17-/m1/s1. The number of nitrogens with zero attached hydrogens (tertiary/aromatic N) is 1. The summed E-state index contributed by atoms with van der Waals surface area (Å²) in [6, 6.07) is 1.81. The molecule has 4 heteroatoms. The molecule has 0 aromatic heterocycles. The van der Waals surface area contributed by atoms with Gasteiger partial charge in [-0.2, -0.15) is 0 Å². The summed E-state index contributed by atoms with van der Waals surface area (Å²) in [6.07, 6.45) is 11.6. The maximum absolute atomic E-state index is 10.9. The Morgan fingerprint density at radius 1 is 1.19 bits per heavy atom. The van der Waals surface area contributed by atoms with Gasteiger partial charge in [0.15, 0.2) is 5.72 Å². The molecule has 0 saturated carbocycles. The molecule has 0 spiro atoms. The van der Waals surface area contributed by atoms with Crippen molar-refractivity contribution in [3.05, 3.63) is 0 Å². The third-order valence-corrected chi connectivity index (χ3v) is 5.55. The molecule has 21 heavy (non-hydrogen) atoms. The van der Waals surface area contributed by atoms with E-state index in [0.717, 1.165) is 31.6 Å². The molecule has 0 aromatic carbocycles. The van der Waals surface area contributed by atoms with Crippen molar-refractivity contribution in [1.82, 2.24) is 10.6 Å². The highest BCUT2D eigenvalue weighted by atomic mass is 16.3. The van der Waals surface area contributed by atoms with E-state index < -0.39 is 5.72 Å². The number of rotatable bonds is 6. The molecule has 4 nitrogen and oxygen atoms in total. The first-order chi connectivity index (χ1) is 10.1. The van der Waals surface area contributed by atoms with E-state index in [0.29, 0.717) is 18.1 Å². The van der Waals surface area contributed by atoms with Crippen LogP contribution >= 0.6 is 0 Å². The summed E-state index contributed by atoms with van der Waals surface area (Å²) >= 11 is 0. The Hall–Kier alpha value is -0.770. The summed E-state index contributed by atoms with van der Waals surface area (Å²) in [4.78, 5) is 0. The van der Waals surface area contributed by atoms with E-state index in [1.54, 1.807) is 0 Å². The lowest BCUT2D eigenvalue weighted by Crippen LogP contribution is -2.67. The summed E-state index contributed by atoms with van der Waals surface area (Å²) in [5.41, 5.74) is -0.693. The van der Waals surface area contributed by atoms with E-state index in [2.05, 4.69) is 29.1 Å². The fourth-order valence-electron chi connectivity index (χ4n) is 4.45. The van der Waals surface area contributed by atoms with E-state index in [9.17, 15) is 5.11 Å². The van der Waals surface area contributed by atoms with Gasteiger partial charge in [-0.05, 0) is 25.7 Å². The molecule has 1 saturated heterocycles. The smallest absolute Gasteiger partial charge is 0.348 e. The molecule has 3 N–H and O–H groups in total. The number of guanidine groups is 1. The summed E-state index contributed by atoms with van der Waals surface area (Å²) in [5.74, 6) is 1.12. The minimum Gasteiger partial charge on any atom is -0.359 e. The number of hydrogen-bond donors (Lipinski definition) is 3. The molecule has 0 unspecified atom stereocenters. The normalized spacial score (nSPS) is 38.0. The van der Waals surface area contributed by atoms with Crippen LogP contribution in [0.25, 0.3) is 0 Å². The van der Waals surface area contributed by atoms with Crippen molar-refractivity contribution in [3.63, 3.8) is 0 Å². The van der Waals surface area contributed by atoms with Gasteiger partial charge in [-0.25, -0.2) is 5.32 Å². The zero-order chi connectivity index (χ0) is 14.9. The molecule has 4 atom stereocenters. The maximum Gasteiger partial charge on any atom is 0.348 e. The van der Waals surface area contributed by atoms with Crippen molar-refractivity contribution >= 4 is 5.96 Å². The first kappa shape index (κ1) is 15.1. The Morgan fingerprint density at radius 2 is 1.95 bits per heavy atom. The van der Waals surface area contributed by atoms with Crippen LogP contribution in [0.4, 0.5) is 0 Å². The SMILES string of the molecule is CCCC[C@@H]1C[C@@H]2CC[C@@H]3C[C@](O)(CCCC)NC(=[N+]32)N1. The van der Waals surface area contributed by atoms with Gasteiger partial charge >= 0.3 is 5.96 Å². The van der Waals surface area contributed by atoms with Crippen molar-refractivity contribution in [2.24, 2.45) is 0 Å². The van der Waals surface area contributed by atoms with E-state index in [4.69, 9.17) is 0 Å². The Balaban J connectivity index is 1.74. The molecular weight excluding hydrogens is 262 g/mol. The van der Waals surface area contributed by atoms with Gasteiger partial charge in [0.25, 0.3) is 0 Å². The van der Waals surface area contributed by atoms with Crippen LogP contribution in [0.1, 0.15) is 78.1 Å². The average molecular weight is 294 g/mol. The van der Waals surface area contributed by atoms with Crippen LogP contribution in [0, 0.1) is 0 Å². The third kappa shape index (κ3) is 3.05. The number of hydrogen-bond acceptors (Lipinski definition) is 3. The van der Waals surface area contributed by atoms with Crippen molar-refractivity contribution in [2.45, 2.75) is 102 Å². The Bertz CT molecular complexity index is 409. The van der Waals surface area contributed by atoms with Crippen LogP contribution in [0.5, 0.6) is 0 Å². The lowest BCUT2D eigenvalue weighted by atomic mass is 9.94. The van der Waals surface area contributed by atoms with E-state index in [1.807, 2.05) is 0 Å². The molecule has 1 fully saturated rings. The zero-order valence-corrected chi connectivity index (χ0v) is 13.7. The molecule has 0 radical (unpaired) electrons. The monoisotopic (exact) mass is 294 g/mol. The largest absolute Gasteiger partial charge is 0.359 e. The first-order valence-corrected chi connectivity index (χ1v) is 9.07. The predicted molar refractivity (Wildman–Crippen MR) is 85.4 cm³/mol. The van der Waals surface area contributed by atoms with Crippen LogP contribution in [0.3, 0.4) is 0 Å². The maximum atomic E-state index is 10.9. The molecular formula is C17H32N3O+. The van der Waals surface area contributed by atoms with Crippen molar-refractivity contribution in [2.75, 3.05) is 0 Å². The number of nitrogens with one attached hydrogen (secondary N) is 2. The minimum absolute atomic E-state index is 0.535. The van der Waals surface area contributed by atoms with Crippen molar-refractivity contribution < 1.29 is 9.68 Å². The van der Waals surface area contributed by atoms with Gasteiger partial charge in [0, 0.05) is 19.3 Å². The van der Waals surface area contributed by atoms with Crippen molar-refractivity contribution in [1.29, 1.82) is 0 Å². The van der Waals surface area contributed by atoms with Crippen molar-refractivity contribution in [3.8, 4) is 0 Å². The average Bonchev–Trinajstić information content (AvgIpc) is 2.86. The van der Waals surface area contributed by atoms with E-state index >= 15 is 0 Å². The zero-order valence-electron chi connectivity index (χ0n) is 13.7. The quantitative estimate of drug-likeness (QED) is 0.659. The van der Waals surface area contributed by atoms with E-state index in [-0.39, 0.29) is 0 Å². The van der Waals surface area contributed by atoms with Gasteiger partial charge in [-0.1, -0.05) is 33.1 Å². The van der Waals surface area contributed by atoms with Gasteiger partial charge in [-0.15, -0.1) is 0 Å². The lowest BCUT2D eigenvalue weighted by molar-refractivity contribution is -0.597. The second kappa shape index (κ2) is 6.15. The summed E-state index contributed by atoms with van der Waals surface area (Å²) in [7, 11) is 0. The van der Waals surface area contributed by atoms with Gasteiger partial charge < -0.3 is 5.11 Å². The molecule has 3 aliphatic heterocycles. The second-order valence-electron chi connectivity index (χ2n) is 7.32. The fraction of sp³-hybridized carbons (Fsp3) is 0.941. The number of unbranched alkanes of at least 4 members (excludes halogenated alkanes) is 2. The van der Waals surface area contributed by atoms with Crippen LogP contribution in [0.15, 0.2) is 0 Å². The Kier molecular flexibility index (Phi) is 4.43. The molecule has 0 bridgehead atoms. The molecule has 120 valence electrons. The molecule has 0 amide bonds. The third-order valence-electron chi connectivity index (χ3n) is 5.55. The van der Waals surface area contributed by atoms with Crippen LogP contribution in [-0.4, -0.2) is 39.5 Å². The minimum atomic E-state index is -0.693. The van der Waals surface area contributed by atoms with Gasteiger partial charge in [0.1, 0.15) is 0 Å². The lowest BCUT2D eigenvalue weighted by Gasteiger charge is -2.39. The second-order valence-corrected chi connectivity index (χ2v) is 7.32. The molecule has 3 aliphatic rings. The van der Waals surface area contributed by atoms with Crippen LogP contribution in [-0.2, 0) is 0 Å². The summed E-state index contributed by atoms with van der Waals surface area (Å²) in [5, 5.41) is 18.1. The summed E-state index contributed by atoms with van der Waals surface area (Å²) in [6.45, 7) is 4.45. The molecule has 3 rings (SSSR count). The fourth-order valence-corrected chi connectivity index (χ4v) is 4.45. The molecule has 0 aliphatic carbocycles. The summed E-state index contributed by atoms with van der Waals surface area (Å²) < 4.78 is 2.54. The van der Waals surface area contributed by atoms with Gasteiger partial charge in [0.2, 0.25) is 0 Å². The molecule has 3 heterocycles. The van der Waals surface area contributed by atoms with Crippen LogP contribution < -0.4 is 10.6 Å². The Morgan fingerprint density at radius 3 is 2.71 bits per heavy atom. The predicted octanol–water partition coefficient (Wildman–Crippen LogP) is 2.31. The highest BCUT2D eigenvalue weighted by Crippen LogP contribution is 2.34. The Labute approximate surface area is 129 Å². The number of aliphatic hydroxyl groups is 1. The highest BCUT2D eigenvalue weighted by molar-refractivity contribution is 5.77. The topological polar surface area (TPSA) is 47.3 Å². The van der Waals surface area contributed by atoms with Crippen LogP contribution in [0.2, 0.25) is 0 Å².